The van der Waals surface area contributed by atoms with Gasteiger partial charge in [0.15, 0.2) is 17.3 Å². The normalized spacial score (nSPS) is 14.8. The quantitative estimate of drug-likeness (QED) is 0.471. The topological polar surface area (TPSA) is 108 Å². The standard InChI is InChI=1S/C22H18FN7O/c1-12-17-6-15(23)3-4-16(17)20-14(9-29(2)28-20)10-30-11-27-18(7-24)21(30)13-5-19(31-12)22(25)26-8-13/h3-6,8-9,11-12H,10H2,1-2H3,(H2,25,26). The van der Waals surface area contributed by atoms with E-state index in [1.807, 2.05) is 24.7 Å². The Kier molecular flexibility index (Phi) is 4.22. The highest BCUT2D eigenvalue weighted by atomic mass is 19.1. The van der Waals surface area contributed by atoms with E-state index in [1.54, 1.807) is 29.3 Å². The van der Waals surface area contributed by atoms with Gasteiger partial charge in [-0.3, -0.25) is 4.68 Å². The highest BCUT2D eigenvalue weighted by molar-refractivity contribution is 5.71. The molecule has 154 valence electrons. The zero-order valence-electron chi connectivity index (χ0n) is 16.9. The van der Waals surface area contributed by atoms with Crippen molar-refractivity contribution in [1.29, 1.82) is 5.26 Å². The second-order valence-corrected chi connectivity index (χ2v) is 7.46. The maximum absolute atomic E-state index is 14.2. The lowest BCUT2D eigenvalue weighted by Crippen LogP contribution is -2.10. The average Bonchev–Trinajstić information content (AvgIpc) is 3.32. The molecule has 2 bridgehead atoms. The second kappa shape index (κ2) is 6.95. The van der Waals surface area contributed by atoms with Crippen molar-refractivity contribution in [1.82, 2.24) is 24.3 Å². The molecule has 3 aromatic heterocycles. The lowest BCUT2D eigenvalue weighted by Gasteiger charge is -2.21. The first-order valence-corrected chi connectivity index (χ1v) is 9.64. The first-order valence-electron chi connectivity index (χ1n) is 9.64. The summed E-state index contributed by atoms with van der Waals surface area (Å²) in [5.41, 5.74) is 10.6. The van der Waals surface area contributed by atoms with E-state index in [1.165, 1.54) is 12.1 Å². The SMILES string of the molecule is CC1Oc2cc(cnc2N)-c2c(C#N)ncn2Cc2cn(C)nc2-c2ccc(F)cc21. The van der Waals surface area contributed by atoms with Crippen molar-refractivity contribution in [2.45, 2.75) is 19.6 Å². The number of benzene rings is 1. The molecule has 4 heterocycles. The van der Waals surface area contributed by atoms with Gasteiger partial charge in [0, 0.05) is 41.7 Å². The van der Waals surface area contributed by atoms with E-state index < -0.39 is 6.10 Å². The van der Waals surface area contributed by atoms with Gasteiger partial charge in [-0.2, -0.15) is 10.4 Å². The summed E-state index contributed by atoms with van der Waals surface area (Å²) in [5, 5.41) is 14.2. The minimum Gasteiger partial charge on any atom is -0.482 e. The molecule has 1 aliphatic rings. The molecule has 8 nitrogen and oxygen atoms in total. The van der Waals surface area contributed by atoms with E-state index in [0.717, 1.165) is 11.1 Å². The molecule has 9 heteroatoms. The summed E-state index contributed by atoms with van der Waals surface area (Å²) in [6.07, 6.45) is 4.58. The van der Waals surface area contributed by atoms with Crippen LogP contribution in [0, 0.1) is 17.1 Å². The first kappa shape index (κ1) is 18.8. The number of halogens is 1. The Hall–Kier alpha value is -4.19. The Morgan fingerprint density at radius 3 is 2.94 bits per heavy atom. The molecule has 1 aromatic carbocycles. The van der Waals surface area contributed by atoms with Crippen molar-refractivity contribution in [2.24, 2.45) is 7.05 Å². The lowest BCUT2D eigenvalue weighted by atomic mass is 9.97. The highest BCUT2D eigenvalue weighted by Crippen LogP contribution is 2.37. The van der Waals surface area contributed by atoms with Crippen LogP contribution in [0.3, 0.4) is 0 Å². The number of nitriles is 1. The molecule has 0 amide bonds. The predicted molar refractivity (Wildman–Crippen MR) is 111 cm³/mol. The largest absolute Gasteiger partial charge is 0.482 e. The average molecular weight is 415 g/mol. The van der Waals surface area contributed by atoms with Gasteiger partial charge < -0.3 is 15.0 Å². The summed E-state index contributed by atoms with van der Waals surface area (Å²) >= 11 is 0. The maximum atomic E-state index is 14.2. The van der Waals surface area contributed by atoms with Gasteiger partial charge in [-0.1, -0.05) is 0 Å². The highest BCUT2D eigenvalue weighted by Gasteiger charge is 2.24. The van der Waals surface area contributed by atoms with Crippen molar-refractivity contribution >= 4 is 5.82 Å². The fourth-order valence-electron chi connectivity index (χ4n) is 3.97. The minimum absolute atomic E-state index is 0.203. The number of nitrogens with two attached hydrogens (primary N) is 1. The third-order valence-electron chi connectivity index (χ3n) is 5.35. The Balaban J connectivity index is 1.82. The van der Waals surface area contributed by atoms with Crippen LogP contribution in [0.4, 0.5) is 10.2 Å². The van der Waals surface area contributed by atoms with Crippen molar-refractivity contribution in [2.75, 3.05) is 5.73 Å². The molecule has 4 aromatic rings. The van der Waals surface area contributed by atoms with Crippen molar-refractivity contribution in [3.05, 3.63) is 65.6 Å². The lowest BCUT2D eigenvalue weighted by molar-refractivity contribution is 0.227. The Bertz CT molecular complexity index is 1360. The molecular weight excluding hydrogens is 397 g/mol. The summed E-state index contributed by atoms with van der Waals surface area (Å²) in [7, 11) is 1.83. The van der Waals surface area contributed by atoms with Gasteiger partial charge in [0.25, 0.3) is 0 Å². The zero-order chi connectivity index (χ0) is 21.7. The van der Waals surface area contributed by atoms with Crippen molar-refractivity contribution < 1.29 is 9.13 Å². The summed E-state index contributed by atoms with van der Waals surface area (Å²) in [4.78, 5) is 8.51. The first-order chi connectivity index (χ1) is 14.9. The number of hydrogen-bond donors (Lipinski definition) is 1. The third kappa shape index (κ3) is 3.09. The van der Waals surface area contributed by atoms with Gasteiger partial charge in [0.05, 0.1) is 24.3 Å². The number of ether oxygens (including phenoxy) is 1. The molecule has 31 heavy (non-hydrogen) atoms. The van der Waals surface area contributed by atoms with E-state index in [4.69, 9.17) is 10.5 Å². The molecule has 0 fully saturated rings. The van der Waals surface area contributed by atoms with Crippen LogP contribution in [0.15, 0.2) is 43.0 Å². The molecule has 0 radical (unpaired) electrons. The van der Waals surface area contributed by atoms with Crippen molar-refractivity contribution in [3.8, 4) is 34.3 Å². The van der Waals surface area contributed by atoms with Crippen LogP contribution in [-0.2, 0) is 13.6 Å². The molecule has 0 saturated heterocycles. The number of imidazole rings is 1. The Morgan fingerprint density at radius 1 is 1.29 bits per heavy atom. The van der Waals surface area contributed by atoms with Crippen LogP contribution < -0.4 is 10.5 Å². The minimum atomic E-state index is -0.528. The second-order valence-electron chi connectivity index (χ2n) is 7.46. The molecule has 5 rings (SSSR count). The summed E-state index contributed by atoms with van der Waals surface area (Å²) < 4.78 is 23.9. The molecule has 1 aliphatic heterocycles. The molecule has 1 atom stereocenters. The molecule has 0 spiro atoms. The molecule has 1 unspecified atom stereocenters. The van der Waals surface area contributed by atoms with Crippen molar-refractivity contribution in [3.63, 3.8) is 0 Å². The van der Waals surface area contributed by atoms with E-state index in [9.17, 15) is 9.65 Å². The smallest absolute Gasteiger partial charge is 0.166 e. The fourth-order valence-corrected chi connectivity index (χ4v) is 3.97. The summed E-state index contributed by atoms with van der Waals surface area (Å²) in [6, 6.07) is 8.43. The van der Waals surface area contributed by atoms with Crippen LogP contribution >= 0.6 is 0 Å². The predicted octanol–water partition coefficient (Wildman–Crippen LogP) is 3.44. The fraction of sp³-hybridized carbons (Fsp3) is 0.182. The number of anilines is 1. The summed E-state index contributed by atoms with van der Waals surface area (Å²) in [6.45, 7) is 2.24. The Morgan fingerprint density at radius 2 is 2.13 bits per heavy atom. The zero-order valence-corrected chi connectivity index (χ0v) is 16.9. The van der Waals surface area contributed by atoms with Gasteiger partial charge in [-0.25, -0.2) is 14.4 Å². The van der Waals surface area contributed by atoms with Crippen LogP contribution in [-0.4, -0.2) is 24.3 Å². The number of fused-ring (bicyclic) bond motifs is 7. The number of aromatic nitrogens is 5. The molecular formula is C22H18FN7O. The maximum Gasteiger partial charge on any atom is 0.166 e. The van der Waals surface area contributed by atoms with Crippen LogP contribution in [0.5, 0.6) is 5.75 Å². The number of nitrogens with zero attached hydrogens (tertiary/aromatic N) is 6. The van der Waals surface area contributed by atoms with Gasteiger partial charge in [-0.15, -0.1) is 0 Å². The van der Waals surface area contributed by atoms with Gasteiger partial charge in [-0.05, 0) is 31.2 Å². The number of pyridine rings is 1. The third-order valence-corrected chi connectivity index (χ3v) is 5.35. The number of hydrogen-bond acceptors (Lipinski definition) is 6. The summed E-state index contributed by atoms with van der Waals surface area (Å²) in [5.74, 6) is 0.182. The monoisotopic (exact) mass is 415 g/mol. The molecule has 0 aliphatic carbocycles. The number of rotatable bonds is 0. The van der Waals surface area contributed by atoms with Gasteiger partial charge >= 0.3 is 0 Å². The van der Waals surface area contributed by atoms with E-state index in [-0.39, 0.29) is 17.3 Å². The van der Waals surface area contributed by atoms with E-state index >= 15 is 0 Å². The van der Waals surface area contributed by atoms with Gasteiger partial charge in [0.1, 0.15) is 18.0 Å². The number of aryl methyl sites for hydroxylation is 1. The van der Waals surface area contributed by atoms with Gasteiger partial charge in [0.2, 0.25) is 0 Å². The Labute approximate surface area is 177 Å². The molecule has 2 N–H and O–H groups in total. The van der Waals surface area contributed by atoms with E-state index in [2.05, 4.69) is 21.1 Å². The van der Waals surface area contributed by atoms with Crippen LogP contribution in [0.2, 0.25) is 0 Å². The van der Waals surface area contributed by atoms with Crippen LogP contribution in [0.25, 0.3) is 22.5 Å². The van der Waals surface area contributed by atoms with E-state index in [0.29, 0.717) is 34.8 Å². The van der Waals surface area contributed by atoms with Crippen LogP contribution in [0.1, 0.15) is 29.8 Å². The molecule has 0 saturated carbocycles. The number of nitrogen functional groups attached to an aromatic ring is 1.